The van der Waals surface area contributed by atoms with Crippen molar-refractivity contribution < 1.29 is 9.53 Å². The van der Waals surface area contributed by atoms with Gasteiger partial charge in [-0.2, -0.15) is 10.5 Å². The highest BCUT2D eigenvalue weighted by Crippen LogP contribution is 2.01. The SMILES string of the molecule is N#CC(C#N)=CCOC(=O)c1ccccc1. The van der Waals surface area contributed by atoms with Gasteiger partial charge in [-0.3, -0.25) is 0 Å². The number of benzene rings is 1. The Labute approximate surface area is 93.0 Å². The standard InChI is InChI=1S/C12H8N2O2/c13-8-10(9-14)6-7-16-12(15)11-4-2-1-3-5-11/h1-6H,7H2. The molecule has 1 aromatic carbocycles. The molecule has 0 N–H and O–H groups in total. The summed E-state index contributed by atoms with van der Waals surface area (Å²) in [6, 6.07) is 11.8. The summed E-state index contributed by atoms with van der Waals surface area (Å²) in [4.78, 5) is 11.4. The fourth-order valence-electron chi connectivity index (χ4n) is 0.975. The number of hydrogen-bond acceptors (Lipinski definition) is 4. The molecule has 0 atom stereocenters. The Morgan fingerprint density at radius 3 is 2.44 bits per heavy atom. The molecule has 4 nitrogen and oxygen atoms in total. The van der Waals surface area contributed by atoms with Gasteiger partial charge in [-0.05, 0) is 18.2 Å². The van der Waals surface area contributed by atoms with Crippen LogP contribution < -0.4 is 0 Å². The van der Waals surface area contributed by atoms with Crippen LogP contribution in [0.25, 0.3) is 0 Å². The number of esters is 1. The molecule has 0 aliphatic heterocycles. The first kappa shape index (κ1) is 11.5. The van der Waals surface area contributed by atoms with Gasteiger partial charge in [0.1, 0.15) is 24.3 Å². The molecule has 0 radical (unpaired) electrons. The summed E-state index contributed by atoms with van der Waals surface area (Å²) in [6.07, 6.45) is 1.26. The predicted octanol–water partition coefficient (Wildman–Crippen LogP) is 1.82. The highest BCUT2D eigenvalue weighted by atomic mass is 16.5. The van der Waals surface area contributed by atoms with Crippen LogP contribution in [0.3, 0.4) is 0 Å². The lowest BCUT2D eigenvalue weighted by Crippen LogP contribution is -2.04. The molecule has 0 aliphatic carbocycles. The molecule has 0 amide bonds. The van der Waals surface area contributed by atoms with Crippen molar-refractivity contribution >= 4 is 5.97 Å². The Morgan fingerprint density at radius 2 is 1.88 bits per heavy atom. The van der Waals surface area contributed by atoms with Crippen LogP contribution in [0.15, 0.2) is 42.0 Å². The zero-order chi connectivity index (χ0) is 11.8. The number of allylic oxidation sites excluding steroid dienone is 1. The highest BCUT2D eigenvalue weighted by Gasteiger charge is 2.04. The molecule has 1 rings (SSSR count). The molecule has 0 bridgehead atoms. The molecule has 0 spiro atoms. The van der Waals surface area contributed by atoms with E-state index in [1.165, 1.54) is 6.08 Å². The second-order valence-electron chi connectivity index (χ2n) is 2.81. The molecule has 78 valence electrons. The average Bonchev–Trinajstić information content (AvgIpc) is 2.35. The van der Waals surface area contributed by atoms with Crippen molar-refractivity contribution in [3.05, 3.63) is 47.5 Å². The van der Waals surface area contributed by atoms with Gasteiger partial charge in [-0.25, -0.2) is 4.79 Å². The summed E-state index contributed by atoms with van der Waals surface area (Å²) in [5, 5.41) is 16.9. The van der Waals surface area contributed by atoms with Crippen molar-refractivity contribution in [1.29, 1.82) is 10.5 Å². The third-order valence-electron chi connectivity index (χ3n) is 1.75. The fraction of sp³-hybridized carbons (Fsp3) is 0.0833. The van der Waals surface area contributed by atoms with Crippen LogP contribution in [0.1, 0.15) is 10.4 Å². The van der Waals surface area contributed by atoms with Crippen molar-refractivity contribution in [3.8, 4) is 12.1 Å². The molecule has 16 heavy (non-hydrogen) atoms. The van der Waals surface area contributed by atoms with Gasteiger partial charge in [-0.1, -0.05) is 18.2 Å². The minimum Gasteiger partial charge on any atom is -0.458 e. The van der Waals surface area contributed by atoms with Crippen LogP contribution in [-0.4, -0.2) is 12.6 Å². The van der Waals surface area contributed by atoms with Crippen molar-refractivity contribution in [2.24, 2.45) is 0 Å². The summed E-state index contributed by atoms with van der Waals surface area (Å²) in [6.45, 7) is -0.0792. The largest absolute Gasteiger partial charge is 0.458 e. The van der Waals surface area contributed by atoms with Crippen molar-refractivity contribution in [1.82, 2.24) is 0 Å². The van der Waals surface area contributed by atoms with Gasteiger partial charge in [-0.15, -0.1) is 0 Å². The first-order valence-electron chi connectivity index (χ1n) is 4.50. The van der Waals surface area contributed by atoms with Gasteiger partial charge >= 0.3 is 5.97 Å². The number of carbonyl (C=O) groups excluding carboxylic acids is 1. The van der Waals surface area contributed by atoms with Crippen LogP contribution in [-0.2, 0) is 4.74 Å². The number of carbonyl (C=O) groups is 1. The molecular weight excluding hydrogens is 204 g/mol. The molecule has 0 heterocycles. The summed E-state index contributed by atoms with van der Waals surface area (Å²) >= 11 is 0. The molecule has 0 unspecified atom stereocenters. The van der Waals surface area contributed by atoms with Crippen LogP contribution in [0.4, 0.5) is 0 Å². The van der Waals surface area contributed by atoms with Crippen LogP contribution in [0.5, 0.6) is 0 Å². The molecule has 0 fully saturated rings. The van der Waals surface area contributed by atoms with Gasteiger partial charge in [0, 0.05) is 0 Å². The summed E-state index contributed by atoms with van der Waals surface area (Å²) < 4.78 is 4.84. The number of rotatable bonds is 3. The topological polar surface area (TPSA) is 73.9 Å². The van der Waals surface area contributed by atoms with E-state index in [1.807, 2.05) is 0 Å². The van der Waals surface area contributed by atoms with Gasteiger partial charge < -0.3 is 4.74 Å². The van der Waals surface area contributed by atoms with Crippen LogP contribution >= 0.6 is 0 Å². The number of ether oxygens (including phenoxy) is 1. The maximum atomic E-state index is 11.4. The Hall–Kier alpha value is -2.59. The van der Waals surface area contributed by atoms with Crippen LogP contribution in [0.2, 0.25) is 0 Å². The molecular formula is C12H8N2O2. The van der Waals surface area contributed by atoms with E-state index in [0.717, 1.165) is 0 Å². The van der Waals surface area contributed by atoms with E-state index >= 15 is 0 Å². The second-order valence-corrected chi connectivity index (χ2v) is 2.81. The third-order valence-corrected chi connectivity index (χ3v) is 1.75. The van der Waals surface area contributed by atoms with E-state index in [9.17, 15) is 4.79 Å². The minimum absolute atomic E-state index is 0.0686. The van der Waals surface area contributed by atoms with E-state index in [4.69, 9.17) is 15.3 Å². The number of hydrogen-bond donors (Lipinski definition) is 0. The normalized spacial score (nSPS) is 8.38. The summed E-state index contributed by atoms with van der Waals surface area (Å²) in [5.74, 6) is -0.480. The molecule has 4 heteroatoms. The highest BCUT2D eigenvalue weighted by molar-refractivity contribution is 5.89. The third kappa shape index (κ3) is 3.28. The van der Waals surface area contributed by atoms with Crippen molar-refractivity contribution in [2.75, 3.05) is 6.61 Å². The average molecular weight is 212 g/mol. The van der Waals surface area contributed by atoms with Gasteiger partial charge in [0.25, 0.3) is 0 Å². The Kier molecular flexibility index (Phi) is 4.31. The lowest BCUT2D eigenvalue weighted by atomic mass is 10.2. The molecule has 0 aromatic heterocycles. The minimum atomic E-state index is -0.480. The predicted molar refractivity (Wildman–Crippen MR) is 56.0 cm³/mol. The molecule has 0 saturated carbocycles. The summed E-state index contributed by atoms with van der Waals surface area (Å²) in [5.41, 5.74) is 0.368. The molecule has 0 aliphatic rings. The van der Waals surface area contributed by atoms with Crippen LogP contribution in [0, 0.1) is 22.7 Å². The Balaban J connectivity index is 2.53. The second kappa shape index (κ2) is 6.00. The van der Waals surface area contributed by atoms with Gasteiger partial charge in [0.15, 0.2) is 0 Å². The van der Waals surface area contributed by atoms with Crippen molar-refractivity contribution in [2.45, 2.75) is 0 Å². The van der Waals surface area contributed by atoms with Crippen molar-refractivity contribution in [3.63, 3.8) is 0 Å². The number of nitriles is 2. The Bertz CT molecular complexity index is 462. The first-order chi connectivity index (χ1) is 7.77. The van der Waals surface area contributed by atoms with Gasteiger partial charge in [0.05, 0.1) is 5.56 Å². The van der Waals surface area contributed by atoms with E-state index in [0.29, 0.717) is 5.56 Å². The molecule has 1 aromatic rings. The monoisotopic (exact) mass is 212 g/mol. The lowest BCUT2D eigenvalue weighted by Gasteiger charge is -2.00. The lowest BCUT2D eigenvalue weighted by molar-refractivity contribution is 0.0549. The maximum Gasteiger partial charge on any atom is 0.338 e. The first-order valence-corrected chi connectivity index (χ1v) is 4.50. The van der Waals surface area contributed by atoms with E-state index in [2.05, 4.69) is 0 Å². The van der Waals surface area contributed by atoms with E-state index < -0.39 is 5.97 Å². The zero-order valence-corrected chi connectivity index (χ0v) is 8.38. The maximum absolute atomic E-state index is 11.4. The smallest absolute Gasteiger partial charge is 0.338 e. The zero-order valence-electron chi connectivity index (χ0n) is 8.38. The van der Waals surface area contributed by atoms with E-state index in [1.54, 1.807) is 42.5 Å². The quantitative estimate of drug-likeness (QED) is 0.565. The number of nitrogens with zero attached hydrogens (tertiary/aromatic N) is 2. The van der Waals surface area contributed by atoms with Gasteiger partial charge in [0.2, 0.25) is 0 Å². The Morgan fingerprint density at radius 1 is 1.25 bits per heavy atom. The fourth-order valence-corrected chi connectivity index (χ4v) is 0.975. The van der Waals surface area contributed by atoms with E-state index in [-0.39, 0.29) is 12.2 Å². The summed E-state index contributed by atoms with van der Waals surface area (Å²) in [7, 11) is 0. The molecule has 0 saturated heterocycles.